The average Bonchev–Trinajstić information content (AvgIpc) is 2.67. The van der Waals surface area contributed by atoms with Crippen molar-refractivity contribution >= 4 is 89.4 Å². The van der Waals surface area contributed by atoms with Gasteiger partial charge in [-0.2, -0.15) is 0 Å². The summed E-state index contributed by atoms with van der Waals surface area (Å²) in [6, 6.07) is 6.09. The summed E-state index contributed by atoms with van der Waals surface area (Å²) < 4.78 is 28.1. The third kappa shape index (κ3) is 8.14. The van der Waals surface area contributed by atoms with Gasteiger partial charge in [0.05, 0.1) is 12.2 Å². The van der Waals surface area contributed by atoms with Crippen molar-refractivity contribution in [2.45, 2.75) is 11.0 Å². The molecule has 12 heteroatoms. The Kier molecular flexibility index (Phi) is 12.8. The Labute approximate surface area is 184 Å². The zero-order valence-electron chi connectivity index (χ0n) is 10.6. The zero-order valence-corrected chi connectivity index (χ0v) is 11.4. The second-order valence-corrected chi connectivity index (χ2v) is 5.49. The van der Waals surface area contributed by atoms with Crippen LogP contribution in [0.1, 0.15) is 10.4 Å². The molecule has 0 saturated heterocycles. The van der Waals surface area contributed by atoms with E-state index in [4.69, 9.17) is 15.3 Å². The topological polar surface area (TPSA) is 150 Å². The normalized spacial score (nSPS) is 14.6. The van der Waals surface area contributed by atoms with Crippen LogP contribution in [0.25, 0.3) is 0 Å². The van der Waals surface area contributed by atoms with Crippen molar-refractivity contribution in [1.29, 1.82) is 0 Å². The fourth-order valence-corrected chi connectivity index (χ4v) is 2.51. The number of sulfonamides is 1. The molecule has 0 spiro atoms. The maximum absolute atomic E-state index is 11.1. The summed E-state index contributed by atoms with van der Waals surface area (Å²) in [5.41, 5.74) is 0.220. The fourth-order valence-electron chi connectivity index (χ4n) is 1.34. The molecule has 1 heterocycles. The number of nitrogens with one attached hydrogen (secondary N) is 1. The molecule has 1 aliphatic heterocycles. The number of benzene rings is 1. The van der Waals surface area contributed by atoms with Crippen LogP contribution in [0.5, 0.6) is 0 Å². The SMILES string of the molecule is O=C(O)OCC(O)CO.O=C1NS(=O)(=O)c2ccccc21.[CaH2].[NaH]. The Bertz CT molecular complexity index is 639. The predicted molar refractivity (Wildman–Crippen MR) is 83.9 cm³/mol. The van der Waals surface area contributed by atoms with E-state index in [1.54, 1.807) is 12.1 Å². The molecule has 1 aromatic carbocycles. The Morgan fingerprint density at radius 2 is 1.87 bits per heavy atom. The van der Waals surface area contributed by atoms with Crippen molar-refractivity contribution in [2.24, 2.45) is 0 Å². The van der Waals surface area contributed by atoms with Crippen molar-refractivity contribution in [3.8, 4) is 0 Å². The molecule has 0 fully saturated rings. The molecule has 4 N–H and O–H groups in total. The van der Waals surface area contributed by atoms with Crippen LogP contribution in [0, 0.1) is 0 Å². The molecule has 0 bridgehead atoms. The Morgan fingerprint density at radius 1 is 1.30 bits per heavy atom. The number of hydrogen-bond donors (Lipinski definition) is 4. The van der Waals surface area contributed by atoms with Crippen LogP contribution in [-0.2, 0) is 14.8 Å². The first-order chi connectivity index (χ1) is 9.77. The molecule has 9 nitrogen and oxygen atoms in total. The van der Waals surface area contributed by atoms with Crippen LogP contribution < -0.4 is 4.72 Å². The zero-order chi connectivity index (χ0) is 16.0. The summed E-state index contributed by atoms with van der Waals surface area (Å²) in [7, 11) is -3.55. The third-order valence-corrected chi connectivity index (χ3v) is 3.65. The monoisotopic (exact) mass is 385 g/mol. The van der Waals surface area contributed by atoms with Crippen LogP contribution in [-0.4, -0.2) is 122 Å². The second kappa shape index (κ2) is 11.6. The average molecular weight is 385 g/mol. The summed E-state index contributed by atoms with van der Waals surface area (Å²) in [5.74, 6) is -0.550. The number of ether oxygens (including phenoxy) is 1. The number of amides is 1. The quantitative estimate of drug-likeness (QED) is 0.332. The van der Waals surface area contributed by atoms with Gasteiger partial charge < -0.3 is 20.1 Å². The minimum absolute atomic E-state index is 0. The van der Waals surface area contributed by atoms with Crippen LogP contribution >= 0.6 is 0 Å². The summed E-state index contributed by atoms with van der Waals surface area (Å²) in [6.07, 6.45) is -2.57. The van der Waals surface area contributed by atoms with E-state index in [2.05, 4.69) is 4.74 Å². The molecule has 1 atom stereocenters. The van der Waals surface area contributed by atoms with Gasteiger partial charge in [0.15, 0.2) is 0 Å². The first-order valence-corrected chi connectivity index (χ1v) is 7.07. The molecule has 1 aliphatic rings. The number of carbonyl (C=O) groups excluding carboxylic acids is 1. The van der Waals surface area contributed by atoms with E-state index in [0.717, 1.165) is 0 Å². The van der Waals surface area contributed by atoms with Crippen molar-refractivity contribution in [3.63, 3.8) is 0 Å². The van der Waals surface area contributed by atoms with Crippen molar-refractivity contribution in [2.75, 3.05) is 13.2 Å². The van der Waals surface area contributed by atoms with Gasteiger partial charge >= 0.3 is 73.5 Å². The molecular formula is C11H16CaNNaO8S. The van der Waals surface area contributed by atoms with Crippen LogP contribution in [0.15, 0.2) is 29.2 Å². The predicted octanol–water partition coefficient (Wildman–Crippen LogP) is -2.41. The number of fused-ring (bicyclic) bond motifs is 1. The van der Waals surface area contributed by atoms with Crippen molar-refractivity contribution < 1.29 is 38.1 Å². The molecule has 0 aromatic heterocycles. The van der Waals surface area contributed by atoms with Crippen LogP contribution in [0.3, 0.4) is 0 Å². The number of aliphatic hydroxyl groups excluding tert-OH is 2. The summed E-state index contributed by atoms with van der Waals surface area (Å²) >= 11 is 0. The van der Waals surface area contributed by atoms with E-state index < -0.39 is 34.8 Å². The first kappa shape index (κ1) is 25.3. The number of rotatable bonds is 3. The molecule has 1 unspecified atom stereocenters. The number of aliphatic hydroxyl groups is 2. The Morgan fingerprint density at radius 3 is 2.35 bits per heavy atom. The van der Waals surface area contributed by atoms with Crippen molar-refractivity contribution in [3.05, 3.63) is 29.8 Å². The molecule has 2 rings (SSSR count). The molecule has 1 amide bonds. The van der Waals surface area contributed by atoms with E-state index in [-0.39, 0.29) is 84.4 Å². The minimum atomic E-state index is -3.55. The van der Waals surface area contributed by atoms with Gasteiger partial charge in [-0.05, 0) is 12.1 Å². The van der Waals surface area contributed by atoms with E-state index in [1.807, 2.05) is 4.72 Å². The molecule has 0 radical (unpaired) electrons. The van der Waals surface area contributed by atoms with Gasteiger partial charge in [0.1, 0.15) is 17.6 Å². The van der Waals surface area contributed by atoms with Gasteiger partial charge in [-0.15, -0.1) is 0 Å². The second-order valence-electron chi connectivity index (χ2n) is 3.84. The van der Waals surface area contributed by atoms with Gasteiger partial charge in [0.25, 0.3) is 15.9 Å². The fraction of sp³-hybridized carbons (Fsp3) is 0.273. The van der Waals surface area contributed by atoms with Crippen LogP contribution in [0.4, 0.5) is 4.79 Å². The summed E-state index contributed by atoms with van der Waals surface area (Å²) in [6.45, 7) is -0.876. The molecule has 0 saturated carbocycles. The number of hydrogen-bond acceptors (Lipinski definition) is 7. The Hall–Kier alpha value is 0.0897. The number of carbonyl (C=O) groups is 2. The molecule has 23 heavy (non-hydrogen) atoms. The molecule has 1 aromatic rings. The summed E-state index contributed by atoms with van der Waals surface area (Å²) in [4.78, 5) is 20.7. The van der Waals surface area contributed by atoms with Crippen LogP contribution in [0.2, 0.25) is 0 Å². The standard InChI is InChI=1S/C7H5NO3S.C4H8O5.Ca.Na.3H/c9-7-5-3-1-2-4-6(5)12(10,11)8-7;5-1-3(6)2-9-4(7)8;;;;;/h1-4H,(H,8,9);3,5-6H,1-2H2,(H,7,8);;;;;. The summed E-state index contributed by atoms with van der Waals surface area (Å²) in [5, 5.41) is 24.4. The Balaban J connectivity index is 0. The van der Waals surface area contributed by atoms with Gasteiger partial charge in [-0.3, -0.25) is 4.79 Å². The van der Waals surface area contributed by atoms with E-state index >= 15 is 0 Å². The maximum atomic E-state index is 11.1. The van der Waals surface area contributed by atoms with E-state index in [1.165, 1.54) is 12.1 Å². The van der Waals surface area contributed by atoms with E-state index in [0.29, 0.717) is 0 Å². The van der Waals surface area contributed by atoms with Gasteiger partial charge in [0.2, 0.25) is 0 Å². The van der Waals surface area contributed by atoms with Gasteiger partial charge in [-0.1, -0.05) is 12.1 Å². The molecule has 0 aliphatic carbocycles. The van der Waals surface area contributed by atoms with Gasteiger partial charge in [-0.25, -0.2) is 17.9 Å². The van der Waals surface area contributed by atoms with E-state index in [9.17, 15) is 18.0 Å². The number of carboxylic acid groups (broad SMARTS) is 1. The van der Waals surface area contributed by atoms with Crippen molar-refractivity contribution in [1.82, 2.24) is 4.72 Å². The first-order valence-electron chi connectivity index (χ1n) is 5.58. The van der Waals surface area contributed by atoms with Gasteiger partial charge in [0, 0.05) is 0 Å². The third-order valence-electron chi connectivity index (χ3n) is 2.26. The molecule has 122 valence electrons. The molecular weight excluding hydrogens is 369 g/mol.